The van der Waals surface area contributed by atoms with Crippen molar-refractivity contribution in [3.63, 3.8) is 0 Å². The van der Waals surface area contributed by atoms with Crippen LogP contribution in [0.25, 0.3) is 6.08 Å². The number of hydrogen-bond acceptors (Lipinski definition) is 5. The predicted octanol–water partition coefficient (Wildman–Crippen LogP) is 2.76. The molecular formula is C15H15NO4S. The maximum Gasteiger partial charge on any atom is 0.290 e. The van der Waals surface area contributed by atoms with Crippen molar-refractivity contribution in [2.45, 2.75) is 6.42 Å². The molecule has 1 aromatic rings. The van der Waals surface area contributed by atoms with E-state index in [4.69, 9.17) is 9.47 Å². The van der Waals surface area contributed by atoms with Crippen LogP contribution in [0.2, 0.25) is 0 Å². The van der Waals surface area contributed by atoms with Crippen LogP contribution >= 0.6 is 11.8 Å². The van der Waals surface area contributed by atoms with Crippen molar-refractivity contribution in [1.82, 2.24) is 5.32 Å². The van der Waals surface area contributed by atoms with Gasteiger partial charge in [-0.05, 0) is 42.0 Å². The van der Waals surface area contributed by atoms with Crippen molar-refractivity contribution in [2.24, 2.45) is 0 Å². The number of hydrogen-bond donors (Lipinski definition) is 1. The quantitative estimate of drug-likeness (QED) is 0.669. The fourth-order valence-corrected chi connectivity index (χ4v) is 2.71. The molecule has 0 atom stereocenters. The van der Waals surface area contributed by atoms with Gasteiger partial charge in [-0.2, -0.15) is 0 Å². The van der Waals surface area contributed by atoms with E-state index in [1.165, 1.54) is 0 Å². The molecule has 0 unspecified atom stereocenters. The van der Waals surface area contributed by atoms with E-state index in [0.29, 0.717) is 22.8 Å². The molecule has 0 aliphatic carbocycles. The lowest BCUT2D eigenvalue weighted by molar-refractivity contribution is -0.115. The average Bonchev–Trinajstić information content (AvgIpc) is 2.76. The Morgan fingerprint density at radius 2 is 2.05 bits per heavy atom. The molecule has 21 heavy (non-hydrogen) atoms. The van der Waals surface area contributed by atoms with Crippen LogP contribution in [0.5, 0.6) is 11.5 Å². The van der Waals surface area contributed by atoms with Crippen LogP contribution in [0.1, 0.15) is 11.1 Å². The summed E-state index contributed by atoms with van der Waals surface area (Å²) in [7, 11) is 3.12. The van der Waals surface area contributed by atoms with Crippen molar-refractivity contribution in [3.05, 3.63) is 40.8 Å². The lowest BCUT2D eigenvalue weighted by Crippen LogP contribution is -2.17. The molecule has 0 aromatic heterocycles. The second-order valence-electron chi connectivity index (χ2n) is 4.26. The Kier molecular flexibility index (Phi) is 4.70. The van der Waals surface area contributed by atoms with Gasteiger partial charge in [0.2, 0.25) is 0 Å². The molecular weight excluding hydrogens is 290 g/mol. The van der Waals surface area contributed by atoms with Crippen LogP contribution in [0, 0.1) is 0 Å². The van der Waals surface area contributed by atoms with E-state index in [1.54, 1.807) is 32.4 Å². The van der Waals surface area contributed by atoms with E-state index in [9.17, 15) is 9.59 Å². The second-order valence-corrected chi connectivity index (χ2v) is 5.28. The smallest absolute Gasteiger partial charge is 0.290 e. The molecule has 6 heteroatoms. The Morgan fingerprint density at radius 1 is 1.29 bits per heavy atom. The second kappa shape index (κ2) is 6.49. The minimum Gasteiger partial charge on any atom is -0.493 e. The van der Waals surface area contributed by atoms with Gasteiger partial charge in [-0.25, -0.2) is 0 Å². The number of carbonyl (C=O) groups is 2. The molecule has 1 aliphatic rings. The molecule has 0 bridgehead atoms. The SMILES string of the molecule is C=CCc1cc(/C=C2\SC(=O)NC2=O)cc(OC)c1OC. The van der Waals surface area contributed by atoms with Gasteiger partial charge < -0.3 is 9.47 Å². The van der Waals surface area contributed by atoms with E-state index in [0.717, 1.165) is 22.9 Å². The molecule has 1 fully saturated rings. The molecule has 0 radical (unpaired) electrons. The van der Waals surface area contributed by atoms with Gasteiger partial charge >= 0.3 is 0 Å². The normalized spacial score (nSPS) is 16.0. The lowest BCUT2D eigenvalue weighted by atomic mass is 10.0. The number of imide groups is 1. The van der Waals surface area contributed by atoms with Crippen LogP contribution in [-0.2, 0) is 11.2 Å². The predicted molar refractivity (Wildman–Crippen MR) is 82.6 cm³/mol. The summed E-state index contributed by atoms with van der Waals surface area (Å²) in [4.78, 5) is 23.1. The lowest BCUT2D eigenvalue weighted by Gasteiger charge is -2.13. The van der Waals surface area contributed by atoms with Crippen molar-refractivity contribution in [2.75, 3.05) is 14.2 Å². The maximum atomic E-state index is 11.6. The fraction of sp³-hybridized carbons (Fsp3) is 0.200. The van der Waals surface area contributed by atoms with E-state index in [-0.39, 0.29) is 11.1 Å². The molecule has 2 amide bonds. The number of nitrogens with one attached hydrogen (secondary N) is 1. The molecule has 1 heterocycles. The zero-order chi connectivity index (χ0) is 15.4. The summed E-state index contributed by atoms with van der Waals surface area (Å²) in [5.41, 5.74) is 1.66. The summed E-state index contributed by atoms with van der Waals surface area (Å²) >= 11 is 0.880. The van der Waals surface area contributed by atoms with Crippen LogP contribution in [0.4, 0.5) is 4.79 Å². The summed E-state index contributed by atoms with van der Waals surface area (Å²) in [6.45, 7) is 3.72. The third-order valence-electron chi connectivity index (χ3n) is 2.88. The summed E-state index contributed by atoms with van der Waals surface area (Å²) in [6, 6.07) is 3.64. The summed E-state index contributed by atoms with van der Waals surface area (Å²) in [5.74, 6) is 0.822. The van der Waals surface area contributed by atoms with Gasteiger partial charge in [-0.1, -0.05) is 6.08 Å². The van der Waals surface area contributed by atoms with Crippen LogP contribution in [-0.4, -0.2) is 25.4 Å². The first-order chi connectivity index (χ1) is 10.1. The number of thioether (sulfide) groups is 1. The van der Waals surface area contributed by atoms with Crippen LogP contribution in [0.3, 0.4) is 0 Å². The van der Waals surface area contributed by atoms with Gasteiger partial charge in [0.15, 0.2) is 11.5 Å². The molecule has 2 rings (SSSR count). The molecule has 5 nitrogen and oxygen atoms in total. The van der Waals surface area contributed by atoms with Gasteiger partial charge in [0.25, 0.3) is 11.1 Å². The maximum absolute atomic E-state index is 11.6. The minimum atomic E-state index is -0.384. The monoisotopic (exact) mass is 305 g/mol. The van der Waals surface area contributed by atoms with Crippen LogP contribution in [0.15, 0.2) is 29.7 Å². The Hall–Kier alpha value is -2.21. The van der Waals surface area contributed by atoms with Crippen molar-refractivity contribution in [3.8, 4) is 11.5 Å². The standard InChI is InChI=1S/C15H15NO4S/c1-4-5-10-6-9(7-11(19-2)13(10)20-3)8-12-14(17)16-15(18)21-12/h4,6-8H,1,5H2,2-3H3,(H,16,17,18)/b12-8-. The summed E-state index contributed by atoms with van der Waals surface area (Å²) in [6.07, 6.45) is 4.02. The molecule has 0 spiro atoms. The first-order valence-corrected chi connectivity index (χ1v) is 7.01. The largest absolute Gasteiger partial charge is 0.493 e. The molecule has 1 N–H and O–H groups in total. The highest BCUT2D eigenvalue weighted by Crippen LogP contribution is 2.35. The Labute approximate surface area is 127 Å². The first kappa shape index (κ1) is 15.2. The van der Waals surface area contributed by atoms with E-state index < -0.39 is 0 Å². The first-order valence-electron chi connectivity index (χ1n) is 6.19. The molecule has 1 aliphatic heterocycles. The molecule has 110 valence electrons. The number of allylic oxidation sites excluding steroid dienone is 1. The number of ether oxygens (including phenoxy) is 2. The van der Waals surface area contributed by atoms with E-state index in [2.05, 4.69) is 11.9 Å². The van der Waals surface area contributed by atoms with Crippen molar-refractivity contribution in [1.29, 1.82) is 0 Å². The van der Waals surface area contributed by atoms with Crippen molar-refractivity contribution >= 4 is 29.0 Å². The zero-order valence-electron chi connectivity index (χ0n) is 11.8. The van der Waals surface area contributed by atoms with Gasteiger partial charge in [0.1, 0.15) is 0 Å². The Morgan fingerprint density at radius 3 is 2.57 bits per heavy atom. The minimum absolute atomic E-state index is 0.358. The van der Waals surface area contributed by atoms with Gasteiger partial charge in [-0.15, -0.1) is 6.58 Å². The number of amides is 2. The highest BCUT2D eigenvalue weighted by Gasteiger charge is 2.25. The molecule has 1 aromatic carbocycles. The van der Waals surface area contributed by atoms with Crippen LogP contribution < -0.4 is 14.8 Å². The van der Waals surface area contributed by atoms with Gasteiger partial charge in [-0.3, -0.25) is 14.9 Å². The highest BCUT2D eigenvalue weighted by atomic mass is 32.2. The number of benzene rings is 1. The number of rotatable bonds is 5. The topological polar surface area (TPSA) is 64.6 Å². The summed E-state index contributed by atoms with van der Waals surface area (Å²) in [5, 5.41) is 1.86. The van der Waals surface area contributed by atoms with Gasteiger partial charge in [0.05, 0.1) is 19.1 Å². The Balaban J connectivity index is 2.47. The highest BCUT2D eigenvalue weighted by molar-refractivity contribution is 8.18. The molecule has 1 saturated heterocycles. The summed E-state index contributed by atoms with van der Waals surface area (Å²) < 4.78 is 10.7. The molecule has 0 saturated carbocycles. The van der Waals surface area contributed by atoms with E-state index in [1.807, 2.05) is 6.07 Å². The number of methoxy groups -OCH3 is 2. The third kappa shape index (κ3) is 3.28. The third-order valence-corrected chi connectivity index (χ3v) is 3.69. The Bertz CT molecular complexity index is 637. The number of carbonyl (C=O) groups excluding carboxylic acids is 2. The van der Waals surface area contributed by atoms with Crippen molar-refractivity contribution < 1.29 is 19.1 Å². The van der Waals surface area contributed by atoms with Gasteiger partial charge in [0, 0.05) is 5.56 Å². The zero-order valence-corrected chi connectivity index (χ0v) is 12.6. The average molecular weight is 305 g/mol. The van der Waals surface area contributed by atoms with E-state index >= 15 is 0 Å². The fourth-order valence-electron chi connectivity index (χ4n) is 2.03.